The highest BCUT2D eigenvalue weighted by Gasteiger charge is 2.51. The molecule has 1 heterocycles. The van der Waals surface area contributed by atoms with Crippen molar-refractivity contribution in [3.05, 3.63) is 65.7 Å². The van der Waals surface area contributed by atoms with Crippen LogP contribution >= 0.6 is 0 Å². The van der Waals surface area contributed by atoms with Crippen molar-refractivity contribution in [2.75, 3.05) is 23.9 Å². The van der Waals surface area contributed by atoms with Crippen LogP contribution < -0.4 is 15.0 Å². The molecule has 0 aromatic heterocycles. The summed E-state index contributed by atoms with van der Waals surface area (Å²) in [5.41, 5.74) is -0.0959. The fraction of sp³-hybridized carbons (Fsp3) is 0.360. The van der Waals surface area contributed by atoms with Crippen molar-refractivity contribution >= 4 is 23.4 Å². The van der Waals surface area contributed by atoms with E-state index in [1.54, 1.807) is 19.1 Å². The lowest BCUT2D eigenvalue weighted by molar-refractivity contribution is -0.242. The number of nitrogens with zero attached hydrogens (tertiary/aromatic N) is 1. The first-order chi connectivity index (χ1) is 16.4. The third-order valence-electron chi connectivity index (χ3n) is 5.50. The molecule has 2 aromatic rings. The molecule has 1 aliphatic heterocycles. The summed E-state index contributed by atoms with van der Waals surface area (Å²) in [4.78, 5) is 25.9. The maximum atomic E-state index is 13.1. The molecule has 0 fully saturated rings. The molecule has 1 N–H and O–H groups in total. The molecule has 188 valence electrons. The first kappa shape index (κ1) is 25.9. The van der Waals surface area contributed by atoms with Gasteiger partial charge in [-0.2, -0.15) is 13.2 Å². The summed E-state index contributed by atoms with van der Waals surface area (Å²) < 4.78 is 54.6. The number of benzene rings is 2. The Bertz CT molecular complexity index is 1100. The molecule has 0 saturated carbocycles. The molecule has 0 spiro atoms. The second kappa shape index (κ2) is 10.3. The van der Waals surface area contributed by atoms with E-state index in [9.17, 15) is 22.8 Å². The van der Waals surface area contributed by atoms with Crippen LogP contribution in [0, 0.1) is 0 Å². The van der Waals surface area contributed by atoms with Crippen molar-refractivity contribution in [3.8, 4) is 5.75 Å². The number of halogens is 3. The Hall–Kier alpha value is -3.69. The van der Waals surface area contributed by atoms with Crippen molar-refractivity contribution < 1.29 is 37.0 Å². The minimum Gasteiger partial charge on any atom is -0.482 e. The number of carbonyl (C=O) groups excluding carboxylic acids is 2. The number of fused-ring (bicyclic) bond motifs is 1. The van der Waals surface area contributed by atoms with E-state index < -0.39 is 29.9 Å². The maximum Gasteiger partial charge on any atom is 0.427 e. The number of hydrogen-bond donors (Lipinski definition) is 1. The van der Waals surface area contributed by atoms with Gasteiger partial charge in [0.2, 0.25) is 5.60 Å². The van der Waals surface area contributed by atoms with Gasteiger partial charge in [-0.25, -0.2) is 9.59 Å². The monoisotopic (exact) mass is 492 g/mol. The van der Waals surface area contributed by atoms with E-state index in [4.69, 9.17) is 9.47 Å². The number of amides is 1. The fourth-order valence-corrected chi connectivity index (χ4v) is 3.39. The van der Waals surface area contributed by atoms with Gasteiger partial charge in [-0.3, -0.25) is 5.32 Å². The first-order valence-electron chi connectivity index (χ1n) is 10.8. The molecule has 1 atom stereocenters. The van der Waals surface area contributed by atoms with Crippen molar-refractivity contribution in [2.45, 2.75) is 45.2 Å². The molecular formula is C25H27F3N2O5. The summed E-state index contributed by atoms with van der Waals surface area (Å²) in [6.07, 6.45) is -5.02. The maximum absolute atomic E-state index is 13.1. The van der Waals surface area contributed by atoms with E-state index in [-0.39, 0.29) is 5.69 Å². The molecule has 35 heavy (non-hydrogen) atoms. The lowest BCUT2D eigenvalue weighted by Gasteiger charge is -2.37. The summed E-state index contributed by atoms with van der Waals surface area (Å²) in [5.74, 6) is -0.00400. The zero-order valence-corrected chi connectivity index (χ0v) is 19.8. The van der Waals surface area contributed by atoms with E-state index in [1.165, 1.54) is 19.3 Å². The smallest absolute Gasteiger partial charge is 0.427 e. The topological polar surface area (TPSA) is 77.1 Å². The SMILES string of the molecule is COC(=O)/C=C(/C)C1CN(Cc2ccccc2)c2cc(NC(=O)OC(C)(C)C(F)(F)F)ccc2O1. The second-order valence-corrected chi connectivity index (χ2v) is 8.59. The number of methoxy groups -OCH3 is 1. The number of rotatable bonds is 6. The standard InChI is InChI=1S/C25H27F3N2O5/c1-16(12-22(31)33-4)21-15-30(14-17-8-6-5-7-9-17)19-13-18(10-11-20(19)34-21)29-23(32)35-24(2,3)25(26,27)28/h5-13,21H,14-15H2,1-4H3,(H,29,32)/b16-12-. The predicted octanol–water partition coefficient (Wildman–Crippen LogP) is 5.46. The lowest BCUT2D eigenvalue weighted by Crippen LogP contribution is -2.44. The third-order valence-corrected chi connectivity index (χ3v) is 5.50. The van der Waals surface area contributed by atoms with Gasteiger partial charge in [0.1, 0.15) is 11.9 Å². The van der Waals surface area contributed by atoms with Crippen LogP contribution in [0.4, 0.5) is 29.3 Å². The van der Waals surface area contributed by atoms with Crippen molar-refractivity contribution in [2.24, 2.45) is 0 Å². The van der Waals surface area contributed by atoms with Gasteiger partial charge < -0.3 is 19.1 Å². The van der Waals surface area contributed by atoms with Gasteiger partial charge in [0.05, 0.1) is 19.3 Å². The van der Waals surface area contributed by atoms with Gasteiger partial charge in [0, 0.05) is 18.3 Å². The van der Waals surface area contributed by atoms with Crippen LogP contribution in [0.1, 0.15) is 26.3 Å². The Morgan fingerprint density at radius 2 is 1.86 bits per heavy atom. The van der Waals surface area contributed by atoms with Gasteiger partial charge >= 0.3 is 18.2 Å². The lowest BCUT2D eigenvalue weighted by atomic mass is 10.1. The van der Waals surface area contributed by atoms with Crippen LogP contribution in [0.5, 0.6) is 5.75 Å². The summed E-state index contributed by atoms with van der Waals surface area (Å²) in [5, 5.41) is 2.36. The Labute approximate surface area is 201 Å². The summed E-state index contributed by atoms with van der Waals surface area (Å²) in [7, 11) is 1.29. The van der Waals surface area contributed by atoms with Crippen LogP contribution in [0.25, 0.3) is 0 Å². The molecule has 0 radical (unpaired) electrons. The molecule has 0 bridgehead atoms. The number of alkyl halides is 3. The summed E-state index contributed by atoms with van der Waals surface area (Å²) in [6.45, 7) is 4.20. The zero-order chi connectivity index (χ0) is 25.8. The van der Waals surface area contributed by atoms with Crippen LogP contribution in [-0.2, 0) is 20.8 Å². The molecular weight excluding hydrogens is 465 g/mol. The zero-order valence-electron chi connectivity index (χ0n) is 19.8. The van der Waals surface area contributed by atoms with Crippen LogP contribution in [-0.4, -0.2) is 43.6 Å². The second-order valence-electron chi connectivity index (χ2n) is 8.59. The van der Waals surface area contributed by atoms with Crippen molar-refractivity contribution in [3.63, 3.8) is 0 Å². The molecule has 0 aliphatic carbocycles. The van der Waals surface area contributed by atoms with Gasteiger partial charge in [-0.1, -0.05) is 30.3 Å². The van der Waals surface area contributed by atoms with E-state index in [0.717, 1.165) is 19.4 Å². The summed E-state index contributed by atoms with van der Waals surface area (Å²) >= 11 is 0. The number of anilines is 2. The highest BCUT2D eigenvalue weighted by Crippen LogP contribution is 2.38. The molecule has 7 nitrogen and oxygen atoms in total. The molecule has 10 heteroatoms. The van der Waals surface area contributed by atoms with E-state index in [0.29, 0.717) is 30.1 Å². The fourth-order valence-electron chi connectivity index (χ4n) is 3.39. The van der Waals surface area contributed by atoms with Gasteiger partial charge in [0.25, 0.3) is 0 Å². The number of esters is 1. The first-order valence-corrected chi connectivity index (χ1v) is 10.8. The van der Waals surface area contributed by atoms with Crippen molar-refractivity contribution in [1.29, 1.82) is 0 Å². The highest BCUT2D eigenvalue weighted by atomic mass is 19.4. The minimum absolute atomic E-state index is 0.244. The summed E-state index contributed by atoms with van der Waals surface area (Å²) in [6, 6.07) is 14.4. The number of carbonyl (C=O) groups is 2. The number of hydrogen-bond acceptors (Lipinski definition) is 6. The molecule has 0 saturated heterocycles. The van der Waals surface area contributed by atoms with Gasteiger partial charge in [-0.05, 0) is 50.1 Å². The molecule has 1 aliphatic rings. The highest BCUT2D eigenvalue weighted by molar-refractivity contribution is 5.86. The molecule has 2 aromatic carbocycles. The Morgan fingerprint density at radius 3 is 2.49 bits per heavy atom. The van der Waals surface area contributed by atoms with Crippen molar-refractivity contribution in [1.82, 2.24) is 0 Å². The number of nitrogens with one attached hydrogen (secondary N) is 1. The largest absolute Gasteiger partial charge is 0.482 e. The number of ether oxygens (including phenoxy) is 3. The quantitative estimate of drug-likeness (QED) is 0.426. The van der Waals surface area contributed by atoms with Crippen LogP contribution in [0.2, 0.25) is 0 Å². The Morgan fingerprint density at radius 1 is 1.17 bits per heavy atom. The normalized spacial score (nSPS) is 16.1. The Balaban J connectivity index is 1.87. The predicted molar refractivity (Wildman–Crippen MR) is 124 cm³/mol. The molecule has 1 amide bonds. The third kappa shape index (κ3) is 6.46. The van der Waals surface area contributed by atoms with E-state index >= 15 is 0 Å². The van der Waals surface area contributed by atoms with Gasteiger partial charge in [-0.15, -0.1) is 0 Å². The van der Waals surface area contributed by atoms with Gasteiger partial charge in [0.15, 0.2) is 0 Å². The van der Waals surface area contributed by atoms with Crippen LogP contribution in [0.3, 0.4) is 0 Å². The average Bonchev–Trinajstić information content (AvgIpc) is 2.78. The van der Waals surface area contributed by atoms with E-state index in [2.05, 4.69) is 10.1 Å². The molecule has 1 unspecified atom stereocenters. The molecule has 3 rings (SSSR count). The van der Waals surface area contributed by atoms with Crippen LogP contribution in [0.15, 0.2) is 60.2 Å². The average molecular weight is 492 g/mol. The minimum atomic E-state index is -4.72. The van der Waals surface area contributed by atoms with E-state index in [1.807, 2.05) is 35.2 Å². The Kier molecular flexibility index (Phi) is 7.62.